The molecule has 0 aromatic heterocycles. The molecule has 162 valence electrons. The van der Waals surface area contributed by atoms with E-state index in [0.717, 1.165) is 15.7 Å². The highest BCUT2D eigenvalue weighted by Crippen LogP contribution is 2.26. The van der Waals surface area contributed by atoms with E-state index >= 15 is 0 Å². The minimum atomic E-state index is -0.285. The van der Waals surface area contributed by atoms with Crippen LogP contribution in [0.4, 0.5) is 10.1 Å². The van der Waals surface area contributed by atoms with E-state index in [1.807, 2.05) is 36.4 Å². The first-order valence-electron chi connectivity index (χ1n) is 10.2. The number of ether oxygens (including phenoxy) is 1. The highest BCUT2D eigenvalue weighted by molar-refractivity contribution is 9.10. The summed E-state index contributed by atoms with van der Waals surface area (Å²) in [6, 6.07) is 19.7. The third kappa shape index (κ3) is 6.82. The number of benzene rings is 3. The van der Waals surface area contributed by atoms with Crippen molar-refractivity contribution in [2.75, 3.05) is 11.9 Å². The second kappa shape index (κ2) is 11.0. The van der Waals surface area contributed by atoms with Gasteiger partial charge < -0.3 is 15.4 Å². The van der Waals surface area contributed by atoms with E-state index < -0.39 is 0 Å². The lowest BCUT2D eigenvalue weighted by molar-refractivity contribution is 0.0949. The molecule has 6 heteroatoms. The lowest BCUT2D eigenvalue weighted by Crippen LogP contribution is -2.27. The number of carbonyl (C=O) groups is 1. The smallest absolute Gasteiger partial charge is 0.251 e. The third-order valence-corrected chi connectivity index (χ3v) is 5.14. The standard InChI is InChI=1S/C25H26BrFN2O2/c1-17(2)14-29-25(30)18-7-5-8-22(13-18)28-15-20-12-21(26)10-11-24(20)31-16-19-6-3-4-9-23(19)27/h3-13,17,28H,14-16H2,1-2H3,(H,29,30). The first kappa shape index (κ1) is 22.8. The Kier molecular flexibility index (Phi) is 8.06. The van der Waals surface area contributed by atoms with Gasteiger partial charge in [0.15, 0.2) is 0 Å². The maximum Gasteiger partial charge on any atom is 0.251 e. The van der Waals surface area contributed by atoms with Gasteiger partial charge in [0.25, 0.3) is 5.91 Å². The lowest BCUT2D eigenvalue weighted by atomic mass is 10.1. The monoisotopic (exact) mass is 484 g/mol. The number of halogens is 2. The van der Waals surface area contributed by atoms with Crippen molar-refractivity contribution in [2.24, 2.45) is 5.92 Å². The molecule has 0 aliphatic heterocycles. The van der Waals surface area contributed by atoms with E-state index in [2.05, 4.69) is 40.4 Å². The Morgan fingerprint density at radius 3 is 2.61 bits per heavy atom. The number of rotatable bonds is 9. The lowest BCUT2D eigenvalue weighted by Gasteiger charge is -2.14. The molecule has 0 saturated heterocycles. The number of carbonyl (C=O) groups excluding carboxylic acids is 1. The van der Waals surface area contributed by atoms with Crippen LogP contribution in [0.5, 0.6) is 5.75 Å². The van der Waals surface area contributed by atoms with E-state index in [4.69, 9.17) is 4.74 Å². The average Bonchev–Trinajstić information content (AvgIpc) is 2.76. The summed E-state index contributed by atoms with van der Waals surface area (Å²) in [6.07, 6.45) is 0. The molecule has 0 atom stereocenters. The van der Waals surface area contributed by atoms with Crippen molar-refractivity contribution in [1.82, 2.24) is 5.32 Å². The van der Waals surface area contributed by atoms with Gasteiger partial charge in [0.05, 0.1) is 0 Å². The van der Waals surface area contributed by atoms with E-state index in [1.165, 1.54) is 6.07 Å². The third-order valence-electron chi connectivity index (χ3n) is 4.64. The quantitative estimate of drug-likeness (QED) is 0.382. The average molecular weight is 485 g/mol. The zero-order chi connectivity index (χ0) is 22.2. The largest absolute Gasteiger partial charge is 0.488 e. The first-order valence-corrected chi connectivity index (χ1v) is 11.0. The minimum absolute atomic E-state index is 0.0892. The van der Waals surface area contributed by atoms with Gasteiger partial charge in [-0.05, 0) is 48.4 Å². The predicted molar refractivity (Wildman–Crippen MR) is 126 cm³/mol. The fourth-order valence-corrected chi connectivity index (χ4v) is 3.37. The van der Waals surface area contributed by atoms with E-state index in [1.54, 1.807) is 24.3 Å². The van der Waals surface area contributed by atoms with Gasteiger partial charge in [0.2, 0.25) is 0 Å². The van der Waals surface area contributed by atoms with Gasteiger partial charge in [0, 0.05) is 39.9 Å². The first-order chi connectivity index (χ1) is 14.9. The van der Waals surface area contributed by atoms with Crippen molar-refractivity contribution < 1.29 is 13.9 Å². The van der Waals surface area contributed by atoms with Crippen molar-refractivity contribution in [3.63, 3.8) is 0 Å². The molecule has 0 saturated carbocycles. The van der Waals surface area contributed by atoms with Crippen LogP contribution in [-0.2, 0) is 13.2 Å². The van der Waals surface area contributed by atoms with Gasteiger partial charge in [-0.25, -0.2) is 4.39 Å². The molecule has 4 nitrogen and oxygen atoms in total. The highest BCUT2D eigenvalue weighted by atomic mass is 79.9. The summed E-state index contributed by atoms with van der Waals surface area (Å²) >= 11 is 3.49. The van der Waals surface area contributed by atoms with Crippen molar-refractivity contribution >= 4 is 27.5 Å². The zero-order valence-electron chi connectivity index (χ0n) is 17.6. The van der Waals surface area contributed by atoms with Crippen molar-refractivity contribution in [3.05, 3.63) is 93.7 Å². The molecule has 0 aliphatic rings. The van der Waals surface area contributed by atoms with Crippen LogP contribution in [0.25, 0.3) is 0 Å². The van der Waals surface area contributed by atoms with Crippen LogP contribution in [0, 0.1) is 11.7 Å². The SMILES string of the molecule is CC(C)CNC(=O)c1cccc(NCc2cc(Br)ccc2OCc2ccccc2F)c1. The van der Waals surface area contributed by atoms with Crippen LogP contribution >= 0.6 is 15.9 Å². The highest BCUT2D eigenvalue weighted by Gasteiger charge is 2.09. The Balaban J connectivity index is 1.67. The normalized spacial score (nSPS) is 10.7. The molecule has 3 aromatic rings. The molecular formula is C25H26BrFN2O2. The van der Waals surface area contributed by atoms with Crippen LogP contribution < -0.4 is 15.4 Å². The van der Waals surface area contributed by atoms with E-state index in [-0.39, 0.29) is 18.3 Å². The molecule has 3 rings (SSSR count). The molecule has 0 radical (unpaired) electrons. The second-order valence-corrected chi connectivity index (χ2v) is 8.59. The van der Waals surface area contributed by atoms with Gasteiger partial charge in [-0.3, -0.25) is 4.79 Å². The van der Waals surface area contributed by atoms with Gasteiger partial charge in [-0.15, -0.1) is 0 Å². The van der Waals surface area contributed by atoms with Crippen LogP contribution in [-0.4, -0.2) is 12.5 Å². The van der Waals surface area contributed by atoms with Crippen LogP contribution in [0.3, 0.4) is 0 Å². The number of nitrogens with one attached hydrogen (secondary N) is 2. The summed E-state index contributed by atoms with van der Waals surface area (Å²) in [5.74, 6) is 0.690. The molecule has 3 aromatic carbocycles. The van der Waals surface area contributed by atoms with E-state index in [9.17, 15) is 9.18 Å². The fraction of sp³-hybridized carbons (Fsp3) is 0.240. The minimum Gasteiger partial charge on any atom is -0.488 e. The predicted octanol–water partition coefficient (Wildman–Crippen LogP) is 6.17. The molecule has 0 fully saturated rings. The molecule has 0 heterocycles. The Labute approximate surface area is 191 Å². The summed E-state index contributed by atoms with van der Waals surface area (Å²) in [5, 5.41) is 6.27. The van der Waals surface area contributed by atoms with Crippen LogP contribution in [0.15, 0.2) is 71.2 Å². The molecule has 1 amide bonds. The Hall–Kier alpha value is -2.86. The Morgan fingerprint density at radius 2 is 1.84 bits per heavy atom. The second-order valence-electron chi connectivity index (χ2n) is 7.67. The molecule has 0 spiro atoms. The summed E-state index contributed by atoms with van der Waals surface area (Å²) in [5.41, 5.74) is 2.86. The maximum absolute atomic E-state index is 13.9. The van der Waals surface area contributed by atoms with Gasteiger partial charge in [-0.1, -0.05) is 54.0 Å². The molecule has 0 aliphatic carbocycles. The molecular weight excluding hydrogens is 459 g/mol. The Bertz CT molecular complexity index is 1040. The Morgan fingerprint density at radius 1 is 1.03 bits per heavy atom. The fourth-order valence-electron chi connectivity index (χ4n) is 2.96. The molecule has 2 N–H and O–H groups in total. The van der Waals surface area contributed by atoms with Crippen molar-refractivity contribution in [1.29, 1.82) is 0 Å². The number of amides is 1. The number of hydrogen-bond donors (Lipinski definition) is 2. The van der Waals surface area contributed by atoms with Crippen LogP contribution in [0.1, 0.15) is 35.3 Å². The molecule has 0 bridgehead atoms. The zero-order valence-corrected chi connectivity index (χ0v) is 19.2. The van der Waals surface area contributed by atoms with Gasteiger partial charge in [-0.2, -0.15) is 0 Å². The number of anilines is 1. The maximum atomic E-state index is 13.9. The van der Waals surface area contributed by atoms with Gasteiger partial charge >= 0.3 is 0 Å². The molecule has 31 heavy (non-hydrogen) atoms. The van der Waals surface area contributed by atoms with Crippen LogP contribution in [0.2, 0.25) is 0 Å². The topological polar surface area (TPSA) is 50.4 Å². The summed E-state index contributed by atoms with van der Waals surface area (Å²) in [4.78, 5) is 12.3. The summed E-state index contributed by atoms with van der Waals surface area (Å²) in [7, 11) is 0. The summed E-state index contributed by atoms with van der Waals surface area (Å²) in [6.45, 7) is 5.39. The summed E-state index contributed by atoms with van der Waals surface area (Å²) < 4.78 is 20.7. The number of hydrogen-bond acceptors (Lipinski definition) is 3. The molecule has 0 unspecified atom stereocenters. The van der Waals surface area contributed by atoms with Crippen molar-refractivity contribution in [3.8, 4) is 5.75 Å². The van der Waals surface area contributed by atoms with E-state index in [0.29, 0.717) is 35.9 Å². The van der Waals surface area contributed by atoms with Crippen molar-refractivity contribution in [2.45, 2.75) is 27.0 Å². The van der Waals surface area contributed by atoms with Gasteiger partial charge in [0.1, 0.15) is 18.2 Å².